The molecule has 1 aromatic carbocycles. The Bertz CT molecular complexity index is 1120. The number of esters is 1. The van der Waals surface area contributed by atoms with Crippen molar-refractivity contribution in [2.75, 3.05) is 0 Å². The normalized spacial score (nSPS) is 28.5. The van der Waals surface area contributed by atoms with Crippen LogP contribution in [0.15, 0.2) is 29.8 Å². The Kier molecular flexibility index (Phi) is 9.12. The Labute approximate surface area is 214 Å². The highest BCUT2D eigenvalue weighted by molar-refractivity contribution is 5.87. The molecule has 1 aliphatic heterocycles. The maximum Gasteiger partial charge on any atom is 0.306 e. The first-order valence-corrected chi connectivity index (χ1v) is 13.1. The first-order chi connectivity index (χ1) is 16.9. The highest BCUT2D eigenvalue weighted by atomic mass is 16.5. The number of imidazole rings is 1. The highest BCUT2D eigenvalue weighted by Crippen LogP contribution is 2.33. The second kappa shape index (κ2) is 11.7. The van der Waals surface area contributed by atoms with Crippen molar-refractivity contribution in [3.05, 3.63) is 41.2 Å². The van der Waals surface area contributed by atoms with Crippen LogP contribution in [0.5, 0.6) is 0 Å². The first-order valence-electron chi connectivity index (χ1n) is 13.1. The van der Waals surface area contributed by atoms with Gasteiger partial charge in [0.25, 0.3) is 0 Å². The number of fused-ring (bicyclic) bond motifs is 1. The molecule has 0 amide bonds. The number of aromatic nitrogens is 2. The molecule has 0 aliphatic carbocycles. The lowest BCUT2D eigenvalue weighted by Gasteiger charge is -2.31. The third-order valence-corrected chi connectivity index (χ3v) is 7.79. The van der Waals surface area contributed by atoms with Gasteiger partial charge in [0, 0.05) is 24.2 Å². The van der Waals surface area contributed by atoms with Gasteiger partial charge in [-0.3, -0.25) is 9.59 Å². The number of aliphatic hydroxyl groups excluding tert-OH is 2. The molecule has 3 rings (SSSR count). The lowest BCUT2D eigenvalue weighted by Crippen LogP contribution is -2.39. The minimum atomic E-state index is -0.740. The quantitative estimate of drug-likeness (QED) is 0.424. The number of rotatable bonds is 2. The molecule has 0 spiro atoms. The van der Waals surface area contributed by atoms with Gasteiger partial charge in [-0.25, -0.2) is 4.98 Å². The molecular formula is C29H42N2O5. The van der Waals surface area contributed by atoms with Crippen LogP contribution in [-0.4, -0.2) is 37.6 Å². The maximum absolute atomic E-state index is 13.2. The summed E-state index contributed by atoms with van der Waals surface area (Å²) in [7, 11) is 0. The maximum atomic E-state index is 13.2. The molecule has 2 aromatic rings. The number of ketones is 1. The number of hydrogen-bond donors (Lipinski definition) is 2. The van der Waals surface area contributed by atoms with E-state index in [-0.39, 0.29) is 30.8 Å². The van der Waals surface area contributed by atoms with Crippen molar-refractivity contribution in [1.29, 1.82) is 0 Å². The van der Waals surface area contributed by atoms with Crippen LogP contribution in [0.1, 0.15) is 90.6 Å². The molecule has 7 nitrogen and oxygen atoms in total. The van der Waals surface area contributed by atoms with Crippen LogP contribution in [0.2, 0.25) is 0 Å². The molecule has 0 saturated carbocycles. The van der Waals surface area contributed by atoms with E-state index in [2.05, 4.69) is 18.0 Å². The van der Waals surface area contributed by atoms with Crippen molar-refractivity contribution in [2.45, 2.75) is 99.0 Å². The summed E-state index contributed by atoms with van der Waals surface area (Å²) in [6.07, 6.45) is 4.62. The molecule has 2 N–H and O–H groups in total. The number of benzene rings is 1. The number of carbonyl (C=O) groups is 2. The Morgan fingerprint density at radius 2 is 1.89 bits per heavy atom. The average Bonchev–Trinajstić information content (AvgIpc) is 3.17. The summed E-state index contributed by atoms with van der Waals surface area (Å²) >= 11 is 0. The number of cyclic esters (lactones) is 1. The van der Waals surface area contributed by atoms with E-state index in [9.17, 15) is 19.8 Å². The molecule has 36 heavy (non-hydrogen) atoms. The summed E-state index contributed by atoms with van der Waals surface area (Å²) in [6.45, 7) is 11.3. The Hall–Kier alpha value is -2.51. The van der Waals surface area contributed by atoms with Gasteiger partial charge in [-0.05, 0) is 63.1 Å². The SMILES string of the molecule is C/C1=C/CC(c2ccc3c(c2)nc(C)n3CO)OC(=O)CCC(C)(C)C(=O)[C@H](C)C(O)[C@@H](C)CCC1. The minimum absolute atomic E-state index is 0.0188. The molecule has 1 aliphatic rings. The molecule has 2 unspecified atom stereocenters. The van der Waals surface area contributed by atoms with Gasteiger partial charge in [-0.1, -0.05) is 45.4 Å². The summed E-state index contributed by atoms with van der Waals surface area (Å²) in [6, 6.07) is 5.75. The van der Waals surface area contributed by atoms with Crippen LogP contribution >= 0.6 is 0 Å². The summed E-state index contributed by atoms with van der Waals surface area (Å²) in [5, 5.41) is 20.5. The number of ether oxygens (including phenoxy) is 1. The van der Waals surface area contributed by atoms with Gasteiger partial charge in [0.1, 0.15) is 24.4 Å². The van der Waals surface area contributed by atoms with Gasteiger partial charge in [0.15, 0.2) is 0 Å². The molecule has 0 radical (unpaired) electrons. The topological polar surface area (TPSA) is 102 Å². The molecule has 7 heteroatoms. The summed E-state index contributed by atoms with van der Waals surface area (Å²) in [4.78, 5) is 30.7. The van der Waals surface area contributed by atoms with Crippen molar-refractivity contribution in [1.82, 2.24) is 9.55 Å². The molecule has 1 aromatic heterocycles. The third kappa shape index (κ3) is 6.43. The van der Waals surface area contributed by atoms with E-state index in [1.165, 1.54) is 5.57 Å². The summed E-state index contributed by atoms with van der Waals surface area (Å²) < 4.78 is 7.69. The minimum Gasteiger partial charge on any atom is -0.457 e. The van der Waals surface area contributed by atoms with E-state index in [1.54, 1.807) is 11.5 Å². The van der Waals surface area contributed by atoms with E-state index in [0.717, 1.165) is 41.7 Å². The van der Waals surface area contributed by atoms with Crippen LogP contribution in [0, 0.1) is 24.2 Å². The molecule has 4 atom stereocenters. The molecule has 0 bridgehead atoms. The number of hydrogen-bond acceptors (Lipinski definition) is 6. The molecular weight excluding hydrogens is 456 g/mol. The standard InChI is InChI=1S/C29H42N2O5/c1-18-8-7-9-19(2)27(34)20(3)28(35)29(5,6)15-14-26(33)36-25(13-10-18)22-11-12-24-23(16-22)30-21(4)31(24)17-32/h10-12,16,19-20,25,27,32,34H,7-9,13-15,17H2,1-6H3/b18-10-/t19-,20+,25?,27?/m0/s1. The number of Topliss-reactive ketones (excluding diaryl/α,β-unsaturated/α-hetero) is 1. The number of nitrogens with zero attached hydrogens (tertiary/aromatic N) is 2. The van der Waals surface area contributed by atoms with Crippen molar-refractivity contribution < 1.29 is 24.5 Å². The smallest absolute Gasteiger partial charge is 0.306 e. The largest absolute Gasteiger partial charge is 0.457 e. The lowest BCUT2D eigenvalue weighted by atomic mass is 9.74. The van der Waals surface area contributed by atoms with Gasteiger partial charge in [-0.15, -0.1) is 0 Å². The number of carbonyl (C=O) groups excluding carboxylic acids is 2. The van der Waals surface area contributed by atoms with E-state index in [0.29, 0.717) is 12.8 Å². The van der Waals surface area contributed by atoms with E-state index in [4.69, 9.17) is 4.74 Å². The fourth-order valence-electron chi connectivity index (χ4n) is 5.20. The number of allylic oxidation sites excluding steroid dienone is 1. The van der Waals surface area contributed by atoms with E-state index < -0.39 is 23.5 Å². The highest BCUT2D eigenvalue weighted by Gasteiger charge is 2.37. The Morgan fingerprint density at radius 1 is 1.17 bits per heavy atom. The third-order valence-electron chi connectivity index (χ3n) is 7.79. The van der Waals surface area contributed by atoms with Crippen molar-refractivity contribution in [3.8, 4) is 0 Å². The predicted molar refractivity (Wildman–Crippen MR) is 140 cm³/mol. The van der Waals surface area contributed by atoms with Gasteiger partial charge in [0.2, 0.25) is 0 Å². The molecule has 0 fully saturated rings. The fraction of sp³-hybridized carbons (Fsp3) is 0.621. The molecule has 198 valence electrons. The van der Waals surface area contributed by atoms with Crippen LogP contribution in [0.3, 0.4) is 0 Å². The Morgan fingerprint density at radius 3 is 2.58 bits per heavy atom. The zero-order valence-electron chi connectivity index (χ0n) is 22.6. The van der Waals surface area contributed by atoms with Crippen molar-refractivity contribution in [2.24, 2.45) is 17.3 Å². The predicted octanol–water partition coefficient (Wildman–Crippen LogP) is 5.41. The van der Waals surface area contributed by atoms with Crippen LogP contribution in [0.25, 0.3) is 11.0 Å². The number of aliphatic hydroxyl groups is 2. The van der Waals surface area contributed by atoms with Crippen LogP contribution < -0.4 is 0 Å². The molecule has 0 saturated heterocycles. The second-order valence-electron chi connectivity index (χ2n) is 11.1. The second-order valence-corrected chi connectivity index (χ2v) is 11.1. The lowest BCUT2D eigenvalue weighted by molar-refractivity contribution is -0.150. The van der Waals surface area contributed by atoms with Gasteiger partial charge in [0.05, 0.1) is 17.1 Å². The summed E-state index contributed by atoms with van der Waals surface area (Å²) in [5.41, 5.74) is 2.89. The van der Waals surface area contributed by atoms with Gasteiger partial charge >= 0.3 is 5.97 Å². The average molecular weight is 499 g/mol. The first kappa shape index (κ1) is 28.1. The van der Waals surface area contributed by atoms with Crippen molar-refractivity contribution in [3.63, 3.8) is 0 Å². The zero-order chi connectivity index (χ0) is 26.6. The van der Waals surface area contributed by atoms with Gasteiger partial charge < -0.3 is 19.5 Å². The Balaban J connectivity index is 1.90. The summed E-state index contributed by atoms with van der Waals surface area (Å²) in [5.74, 6) is -0.118. The fourth-order valence-corrected chi connectivity index (χ4v) is 5.20. The van der Waals surface area contributed by atoms with Crippen molar-refractivity contribution >= 4 is 22.8 Å². The van der Waals surface area contributed by atoms with Crippen LogP contribution in [0.4, 0.5) is 0 Å². The zero-order valence-corrected chi connectivity index (χ0v) is 22.6. The monoisotopic (exact) mass is 498 g/mol. The number of aryl methyl sites for hydroxylation is 1. The van der Waals surface area contributed by atoms with Gasteiger partial charge in [-0.2, -0.15) is 0 Å². The van der Waals surface area contributed by atoms with Crippen LogP contribution in [-0.2, 0) is 21.1 Å². The molecule has 2 heterocycles. The van der Waals surface area contributed by atoms with E-state index >= 15 is 0 Å². The van der Waals surface area contributed by atoms with E-state index in [1.807, 2.05) is 45.9 Å².